The summed E-state index contributed by atoms with van der Waals surface area (Å²) in [6.45, 7) is 6.54. The summed E-state index contributed by atoms with van der Waals surface area (Å²) < 4.78 is 0. The second-order valence-electron chi connectivity index (χ2n) is 7.22. The molecule has 0 saturated heterocycles. The fourth-order valence-corrected chi connectivity index (χ4v) is 2.69. The van der Waals surface area contributed by atoms with Gasteiger partial charge in [-0.1, -0.05) is 63.2 Å². The molecular weight excluding hydrogens is 310 g/mol. The highest BCUT2D eigenvalue weighted by Gasteiger charge is 2.12. The fraction of sp³-hybridized carbons (Fsp3) is 0.238. The number of rotatable bonds is 4. The van der Waals surface area contributed by atoms with Gasteiger partial charge in [0.05, 0.1) is 12.6 Å². The number of fused-ring (bicyclic) bond motifs is 1. The summed E-state index contributed by atoms with van der Waals surface area (Å²) in [6, 6.07) is 18.2. The summed E-state index contributed by atoms with van der Waals surface area (Å²) in [7, 11) is 0. The number of hydrazone groups is 1. The van der Waals surface area contributed by atoms with Gasteiger partial charge in [-0.25, -0.2) is 5.43 Å². The zero-order valence-electron chi connectivity index (χ0n) is 14.8. The normalized spacial score (nSPS) is 12.0. The molecule has 1 amide bonds. The topological polar surface area (TPSA) is 57.2 Å². The standard InChI is InChI=1S/C21H23N3O/c1-21(2,3)17-10-8-15(9-11-17)14-22-24-20(25)13-18-12-16-6-4-5-7-19(16)23-18/h4-12,14,23H,13H2,1-3H3,(H,24,25)/b22-14+. The van der Waals surface area contributed by atoms with Crippen molar-refractivity contribution in [2.75, 3.05) is 0 Å². The van der Waals surface area contributed by atoms with Gasteiger partial charge in [-0.2, -0.15) is 5.10 Å². The molecule has 2 aromatic carbocycles. The van der Waals surface area contributed by atoms with E-state index >= 15 is 0 Å². The van der Waals surface area contributed by atoms with Crippen molar-refractivity contribution in [1.29, 1.82) is 0 Å². The first-order chi connectivity index (χ1) is 11.9. The van der Waals surface area contributed by atoms with E-state index in [9.17, 15) is 4.79 Å². The first kappa shape index (κ1) is 17.0. The van der Waals surface area contributed by atoms with Crippen LogP contribution in [0.25, 0.3) is 10.9 Å². The highest BCUT2D eigenvalue weighted by atomic mass is 16.2. The van der Waals surface area contributed by atoms with Crippen LogP contribution >= 0.6 is 0 Å². The van der Waals surface area contributed by atoms with Crippen LogP contribution in [-0.2, 0) is 16.6 Å². The SMILES string of the molecule is CC(C)(C)c1ccc(/C=N/NC(=O)Cc2cc3ccccc3[nH]2)cc1. The van der Waals surface area contributed by atoms with Gasteiger partial charge < -0.3 is 4.98 Å². The highest BCUT2D eigenvalue weighted by Crippen LogP contribution is 2.21. The number of H-pyrrole nitrogens is 1. The number of para-hydroxylation sites is 1. The third kappa shape index (κ3) is 4.35. The van der Waals surface area contributed by atoms with Gasteiger partial charge in [0, 0.05) is 11.2 Å². The minimum atomic E-state index is -0.144. The Morgan fingerprint density at radius 3 is 2.52 bits per heavy atom. The second-order valence-corrected chi connectivity index (χ2v) is 7.22. The third-order valence-corrected chi connectivity index (χ3v) is 4.12. The molecule has 0 saturated carbocycles. The van der Waals surface area contributed by atoms with Crippen molar-refractivity contribution in [3.63, 3.8) is 0 Å². The van der Waals surface area contributed by atoms with E-state index < -0.39 is 0 Å². The van der Waals surface area contributed by atoms with E-state index in [1.165, 1.54) is 5.56 Å². The fourth-order valence-electron chi connectivity index (χ4n) is 2.69. The van der Waals surface area contributed by atoms with Gasteiger partial charge in [0.15, 0.2) is 0 Å². The van der Waals surface area contributed by atoms with Gasteiger partial charge in [0.1, 0.15) is 0 Å². The van der Waals surface area contributed by atoms with Crippen molar-refractivity contribution in [2.45, 2.75) is 32.6 Å². The molecule has 3 rings (SSSR count). The van der Waals surface area contributed by atoms with Crippen LogP contribution in [0.2, 0.25) is 0 Å². The number of carbonyl (C=O) groups is 1. The van der Waals surface area contributed by atoms with Crippen molar-refractivity contribution >= 4 is 23.0 Å². The lowest BCUT2D eigenvalue weighted by Crippen LogP contribution is -2.19. The summed E-state index contributed by atoms with van der Waals surface area (Å²) in [4.78, 5) is 15.3. The van der Waals surface area contributed by atoms with Crippen LogP contribution in [0.5, 0.6) is 0 Å². The molecule has 4 heteroatoms. The molecule has 0 spiro atoms. The van der Waals surface area contributed by atoms with E-state index in [0.717, 1.165) is 22.2 Å². The molecule has 1 heterocycles. The molecule has 2 N–H and O–H groups in total. The Balaban J connectivity index is 1.57. The van der Waals surface area contributed by atoms with Crippen LogP contribution < -0.4 is 5.43 Å². The number of hydrogen-bond donors (Lipinski definition) is 2. The average Bonchev–Trinajstić information content (AvgIpc) is 2.96. The van der Waals surface area contributed by atoms with Crippen LogP contribution in [0.15, 0.2) is 59.7 Å². The zero-order chi connectivity index (χ0) is 17.9. The van der Waals surface area contributed by atoms with Crippen molar-refractivity contribution in [1.82, 2.24) is 10.4 Å². The van der Waals surface area contributed by atoms with Crippen LogP contribution in [0, 0.1) is 0 Å². The Bertz CT molecular complexity index is 866. The van der Waals surface area contributed by atoms with Gasteiger partial charge in [0.2, 0.25) is 5.91 Å². The number of nitrogens with zero attached hydrogens (tertiary/aromatic N) is 1. The quantitative estimate of drug-likeness (QED) is 0.547. The molecule has 3 aromatic rings. The summed E-state index contributed by atoms with van der Waals surface area (Å²) in [5, 5.41) is 5.15. The Labute approximate surface area is 148 Å². The van der Waals surface area contributed by atoms with E-state index in [-0.39, 0.29) is 17.7 Å². The van der Waals surface area contributed by atoms with Crippen molar-refractivity contribution in [3.8, 4) is 0 Å². The Kier molecular flexibility index (Phi) is 4.70. The largest absolute Gasteiger partial charge is 0.358 e. The summed E-state index contributed by atoms with van der Waals surface area (Å²) in [5.41, 5.74) is 6.85. The molecule has 0 atom stereocenters. The first-order valence-electron chi connectivity index (χ1n) is 8.41. The van der Waals surface area contributed by atoms with E-state index in [0.29, 0.717) is 0 Å². The van der Waals surface area contributed by atoms with Crippen LogP contribution in [0.3, 0.4) is 0 Å². The molecule has 0 aliphatic heterocycles. The summed E-state index contributed by atoms with van der Waals surface area (Å²) in [5.74, 6) is -0.144. The molecule has 128 valence electrons. The molecule has 1 aromatic heterocycles. The number of carbonyl (C=O) groups excluding carboxylic acids is 1. The van der Waals surface area contributed by atoms with Crippen LogP contribution in [0.4, 0.5) is 0 Å². The minimum Gasteiger partial charge on any atom is -0.358 e. The monoisotopic (exact) mass is 333 g/mol. The van der Waals surface area contributed by atoms with Gasteiger partial charge in [-0.3, -0.25) is 4.79 Å². The molecule has 0 fully saturated rings. The maximum absolute atomic E-state index is 12.0. The number of aromatic amines is 1. The Morgan fingerprint density at radius 1 is 1.12 bits per heavy atom. The van der Waals surface area contributed by atoms with Crippen molar-refractivity contribution in [3.05, 3.63) is 71.4 Å². The summed E-state index contributed by atoms with van der Waals surface area (Å²) in [6.07, 6.45) is 1.94. The summed E-state index contributed by atoms with van der Waals surface area (Å²) >= 11 is 0. The Hall–Kier alpha value is -2.88. The maximum Gasteiger partial charge on any atom is 0.245 e. The Morgan fingerprint density at radius 2 is 1.84 bits per heavy atom. The van der Waals surface area contributed by atoms with Crippen molar-refractivity contribution in [2.24, 2.45) is 5.10 Å². The van der Waals surface area contributed by atoms with E-state index in [2.05, 4.69) is 48.4 Å². The maximum atomic E-state index is 12.0. The number of amides is 1. The van der Waals surface area contributed by atoms with Crippen molar-refractivity contribution < 1.29 is 4.79 Å². The minimum absolute atomic E-state index is 0.128. The van der Waals surface area contributed by atoms with E-state index in [1.54, 1.807) is 6.21 Å². The molecule has 0 aliphatic carbocycles. The lowest BCUT2D eigenvalue weighted by molar-refractivity contribution is -0.120. The molecular formula is C21H23N3O. The van der Waals surface area contributed by atoms with Gasteiger partial charge >= 0.3 is 0 Å². The van der Waals surface area contributed by atoms with Crippen LogP contribution in [-0.4, -0.2) is 17.1 Å². The third-order valence-electron chi connectivity index (χ3n) is 4.12. The van der Waals surface area contributed by atoms with Crippen LogP contribution in [0.1, 0.15) is 37.6 Å². The van der Waals surface area contributed by atoms with Gasteiger partial charge in [-0.05, 0) is 34.1 Å². The van der Waals surface area contributed by atoms with Gasteiger partial charge in [-0.15, -0.1) is 0 Å². The van der Waals surface area contributed by atoms with E-state index in [1.807, 2.05) is 42.5 Å². The number of nitrogens with one attached hydrogen (secondary N) is 2. The number of aromatic nitrogens is 1. The second kappa shape index (κ2) is 6.93. The lowest BCUT2D eigenvalue weighted by Gasteiger charge is -2.18. The lowest BCUT2D eigenvalue weighted by atomic mass is 9.87. The smallest absolute Gasteiger partial charge is 0.245 e. The zero-order valence-corrected chi connectivity index (χ0v) is 14.8. The van der Waals surface area contributed by atoms with E-state index in [4.69, 9.17) is 0 Å². The number of hydrogen-bond acceptors (Lipinski definition) is 2. The average molecular weight is 333 g/mol. The molecule has 0 aliphatic rings. The molecule has 4 nitrogen and oxygen atoms in total. The first-order valence-corrected chi connectivity index (χ1v) is 8.41. The molecule has 0 bridgehead atoms. The molecule has 0 radical (unpaired) electrons. The van der Waals surface area contributed by atoms with Gasteiger partial charge in [0.25, 0.3) is 0 Å². The molecule has 0 unspecified atom stereocenters. The number of benzene rings is 2. The predicted octanol–water partition coefficient (Wildman–Crippen LogP) is 4.16. The highest BCUT2D eigenvalue weighted by molar-refractivity contribution is 5.85. The molecule has 25 heavy (non-hydrogen) atoms. The predicted molar refractivity (Wildman–Crippen MR) is 103 cm³/mol.